The van der Waals surface area contributed by atoms with Crippen LogP contribution in [0.15, 0.2) is 17.5 Å². The molecule has 0 radical (unpaired) electrons. The topological polar surface area (TPSA) is 73.4 Å². The lowest BCUT2D eigenvalue weighted by Gasteiger charge is -2.25. The molecule has 1 saturated heterocycles. The molecule has 158 valence electrons. The Labute approximate surface area is 174 Å². The zero-order valence-corrected chi connectivity index (χ0v) is 18.1. The van der Waals surface area contributed by atoms with E-state index >= 15 is 0 Å². The van der Waals surface area contributed by atoms with Crippen LogP contribution in [-0.2, 0) is 17.8 Å². The number of morpholine rings is 1. The minimum absolute atomic E-state index is 0.146. The molecule has 0 saturated carbocycles. The first-order valence-corrected chi connectivity index (χ1v) is 10.2. The molecule has 2 heterocycles. The van der Waals surface area contributed by atoms with Crippen molar-refractivity contribution in [2.24, 2.45) is 0 Å². The number of aromatic nitrogens is 1. The van der Waals surface area contributed by atoms with Crippen molar-refractivity contribution >= 4 is 17.2 Å². The number of thiazole rings is 1. The third-order valence-electron chi connectivity index (χ3n) is 4.72. The number of hydrogen-bond donors (Lipinski definition) is 0. The van der Waals surface area contributed by atoms with Gasteiger partial charge in [0.1, 0.15) is 5.01 Å². The van der Waals surface area contributed by atoms with Crippen LogP contribution >= 0.6 is 11.3 Å². The van der Waals surface area contributed by atoms with Crippen molar-refractivity contribution in [1.29, 1.82) is 0 Å². The van der Waals surface area contributed by atoms with Crippen molar-refractivity contribution in [3.8, 4) is 17.2 Å². The first-order chi connectivity index (χ1) is 14.0. The Hall–Kier alpha value is -2.36. The SMILES string of the molecule is COc1cc(C(=O)N(C)Cc2csc(CN3CCOCC3)n2)cc(OC)c1OC. The molecule has 8 nitrogen and oxygen atoms in total. The summed E-state index contributed by atoms with van der Waals surface area (Å²) in [6.45, 7) is 4.63. The van der Waals surface area contributed by atoms with Crippen molar-refractivity contribution in [2.75, 3.05) is 54.7 Å². The van der Waals surface area contributed by atoms with Crippen LogP contribution in [0, 0.1) is 0 Å². The highest BCUT2D eigenvalue weighted by Crippen LogP contribution is 2.38. The molecule has 0 atom stereocenters. The molecule has 0 spiro atoms. The predicted octanol–water partition coefficient (Wildman–Crippen LogP) is 2.27. The summed E-state index contributed by atoms with van der Waals surface area (Å²) in [7, 11) is 6.35. The van der Waals surface area contributed by atoms with Crippen molar-refractivity contribution in [1.82, 2.24) is 14.8 Å². The van der Waals surface area contributed by atoms with Gasteiger partial charge in [-0.15, -0.1) is 11.3 Å². The predicted molar refractivity (Wildman–Crippen MR) is 110 cm³/mol. The van der Waals surface area contributed by atoms with Gasteiger partial charge in [-0.2, -0.15) is 0 Å². The van der Waals surface area contributed by atoms with Gasteiger partial charge in [0, 0.05) is 31.1 Å². The molecule has 2 aromatic rings. The average molecular weight is 422 g/mol. The van der Waals surface area contributed by atoms with Crippen LogP contribution in [-0.4, -0.2) is 75.4 Å². The molecule has 0 N–H and O–H groups in total. The van der Waals surface area contributed by atoms with E-state index in [1.54, 1.807) is 35.4 Å². The summed E-state index contributed by atoms with van der Waals surface area (Å²) in [6, 6.07) is 3.32. The second kappa shape index (κ2) is 9.91. The number of hydrogen-bond acceptors (Lipinski definition) is 8. The molecule has 1 aromatic carbocycles. The fraction of sp³-hybridized carbons (Fsp3) is 0.500. The lowest BCUT2D eigenvalue weighted by atomic mass is 10.1. The minimum atomic E-state index is -0.146. The Morgan fingerprint density at radius 2 is 1.83 bits per heavy atom. The molecule has 1 fully saturated rings. The van der Waals surface area contributed by atoms with Gasteiger partial charge in [-0.1, -0.05) is 0 Å². The largest absolute Gasteiger partial charge is 0.493 e. The lowest BCUT2D eigenvalue weighted by molar-refractivity contribution is 0.0341. The number of nitrogens with zero attached hydrogens (tertiary/aromatic N) is 3. The van der Waals surface area contributed by atoms with Gasteiger partial charge in [-0.05, 0) is 12.1 Å². The van der Waals surface area contributed by atoms with Gasteiger partial charge >= 0.3 is 0 Å². The van der Waals surface area contributed by atoms with E-state index < -0.39 is 0 Å². The highest BCUT2D eigenvalue weighted by atomic mass is 32.1. The van der Waals surface area contributed by atoms with Crippen molar-refractivity contribution in [3.05, 3.63) is 33.8 Å². The monoisotopic (exact) mass is 421 g/mol. The lowest BCUT2D eigenvalue weighted by Crippen LogP contribution is -2.35. The van der Waals surface area contributed by atoms with E-state index in [1.165, 1.54) is 21.3 Å². The highest BCUT2D eigenvalue weighted by molar-refractivity contribution is 7.09. The summed E-state index contributed by atoms with van der Waals surface area (Å²) < 4.78 is 21.4. The number of carbonyl (C=O) groups excluding carboxylic acids is 1. The van der Waals surface area contributed by atoms with E-state index in [4.69, 9.17) is 18.9 Å². The molecule has 1 aliphatic heterocycles. The molecule has 0 aliphatic carbocycles. The minimum Gasteiger partial charge on any atom is -0.493 e. The quantitative estimate of drug-likeness (QED) is 0.647. The van der Waals surface area contributed by atoms with E-state index in [0.717, 1.165) is 43.5 Å². The van der Waals surface area contributed by atoms with Gasteiger partial charge in [-0.25, -0.2) is 4.98 Å². The molecule has 0 unspecified atom stereocenters. The number of methoxy groups -OCH3 is 3. The number of ether oxygens (including phenoxy) is 4. The van der Waals surface area contributed by atoms with Crippen molar-refractivity contribution < 1.29 is 23.7 Å². The molecule has 3 rings (SSSR count). The zero-order chi connectivity index (χ0) is 20.8. The highest BCUT2D eigenvalue weighted by Gasteiger charge is 2.20. The summed E-state index contributed by atoms with van der Waals surface area (Å²) in [5.41, 5.74) is 1.34. The summed E-state index contributed by atoms with van der Waals surface area (Å²) in [4.78, 5) is 21.6. The van der Waals surface area contributed by atoms with Crippen LogP contribution in [0.2, 0.25) is 0 Å². The van der Waals surface area contributed by atoms with Gasteiger partial charge in [0.15, 0.2) is 11.5 Å². The van der Waals surface area contributed by atoms with E-state index in [2.05, 4.69) is 9.88 Å². The Morgan fingerprint density at radius 3 is 2.41 bits per heavy atom. The van der Waals surface area contributed by atoms with Crippen LogP contribution in [0.1, 0.15) is 21.1 Å². The van der Waals surface area contributed by atoms with E-state index in [0.29, 0.717) is 29.4 Å². The maximum atomic E-state index is 12.9. The fourth-order valence-corrected chi connectivity index (χ4v) is 4.01. The Morgan fingerprint density at radius 1 is 1.17 bits per heavy atom. The van der Waals surface area contributed by atoms with E-state index in [-0.39, 0.29) is 5.91 Å². The molecular formula is C20H27N3O5S. The summed E-state index contributed by atoms with van der Waals surface area (Å²) >= 11 is 1.62. The number of rotatable bonds is 8. The molecule has 1 aliphatic rings. The Kier molecular flexibility index (Phi) is 7.29. The Bertz CT molecular complexity index is 810. The summed E-state index contributed by atoms with van der Waals surface area (Å²) in [5, 5.41) is 3.06. The summed E-state index contributed by atoms with van der Waals surface area (Å²) in [5.74, 6) is 1.21. The average Bonchev–Trinajstić information content (AvgIpc) is 3.19. The molecule has 29 heavy (non-hydrogen) atoms. The number of carbonyl (C=O) groups is 1. The van der Waals surface area contributed by atoms with Crippen molar-refractivity contribution in [2.45, 2.75) is 13.1 Å². The third kappa shape index (κ3) is 5.17. The first kappa shape index (κ1) is 21.4. The number of amides is 1. The first-order valence-electron chi connectivity index (χ1n) is 9.34. The van der Waals surface area contributed by atoms with E-state index in [1.807, 2.05) is 5.38 Å². The van der Waals surface area contributed by atoms with Crippen LogP contribution in [0.5, 0.6) is 17.2 Å². The third-order valence-corrected chi connectivity index (χ3v) is 5.60. The van der Waals surface area contributed by atoms with Crippen LogP contribution in [0.25, 0.3) is 0 Å². The maximum Gasteiger partial charge on any atom is 0.254 e. The standard InChI is InChI=1S/C20H27N3O5S/c1-22(11-15-13-29-18(21-15)12-23-5-7-28-8-6-23)20(24)14-9-16(25-2)19(27-4)17(10-14)26-3/h9-10,13H,5-8,11-12H2,1-4H3. The maximum absolute atomic E-state index is 12.9. The van der Waals surface area contributed by atoms with Crippen LogP contribution in [0.4, 0.5) is 0 Å². The second-order valence-electron chi connectivity index (χ2n) is 6.70. The number of benzene rings is 1. The van der Waals surface area contributed by atoms with Crippen LogP contribution < -0.4 is 14.2 Å². The summed E-state index contributed by atoms with van der Waals surface area (Å²) in [6.07, 6.45) is 0. The zero-order valence-electron chi connectivity index (χ0n) is 17.3. The van der Waals surface area contributed by atoms with Gasteiger partial charge < -0.3 is 23.8 Å². The molecule has 1 amide bonds. The van der Waals surface area contributed by atoms with Gasteiger partial charge in [0.25, 0.3) is 5.91 Å². The second-order valence-corrected chi connectivity index (χ2v) is 7.64. The molecular weight excluding hydrogens is 394 g/mol. The fourth-order valence-electron chi connectivity index (χ4n) is 3.18. The van der Waals surface area contributed by atoms with Gasteiger partial charge in [-0.3, -0.25) is 9.69 Å². The molecule has 9 heteroatoms. The van der Waals surface area contributed by atoms with Gasteiger partial charge in [0.2, 0.25) is 5.75 Å². The normalized spacial score (nSPS) is 14.5. The van der Waals surface area contributed by atoms with Crippen LogP contribution in [0.3, 0.4) is 0 Å². The van der Waals surface area contributed by atoms with Crippen molar-refractivity contribution in [3.63, 3.8) is 0 Å². The van der Waals surface area contributed by atoms with Gasteiger partial charge in [0.05, 0.1) is 53.3 Å². The smallest absolute Gasteiger partial charge is 0.254 e. The molecule has 0 bridgehead atoms. The van der Waals surface area contributed by atoms with E-state index in [9.17, 15) is 4.79 Å². The Balaban J connectivity index is 1.67. The molecule has 1 aromatic heterocycles.